The molecule has 0 aliphatic carbocycles. The van der Waals surface area contributed by atoms with Gasteiger partial charge in [-0.1, -0.05) is 0 Å². The molecule has 0 bridgehead atoms. The molecule has 3 aromatic carbocycles. The molecule has 0 aromatic heterocycles. The maximum atomic E-state index is 15.0. The minimum absolute atomic E-state index is 0.0183. The van der Waals surface area contributed by atoms with Crippen LogP contribution in [0.1, 0.15) is 16.7 Å². The summed E-state index contributed by atoms with van der Waals surface area (Å²) in [5.74, 6) is -19.5. The van der Waals surface area contributed by atoms with Crippen LogP contribution in [0.4, 0.5) is 72.8 Å². The molecule has 0 spiro atoms. The molecule has 0 atom stereocenters. The molecule has 0 aliphatic rings. The third kappa shape index (κ3) is 5.53. The van der Waals surface area contributed by atoms with E-state index in [9.17, 15) is 57.1 Å². The van der Waals surface area contributed by atoms with Crippen LogP contribution in [0.3, 0.4) is 0 Å². The molecule has 0 aliphatic heterocycles. The Morgan fingerprint density at radius 3 is 1.28 bits per heavy atom. The van der Waals surface area contributed by atoms with Crippen LogP contribution in [-0.4, -0.2) is 0 Å². The van der Waals surface area contributed by atoms with Gasteiger partial charge in [0.1, 0.15) is 16.7 Å². The van der Waals surface area contributed by atoms with Gasteiger partial charge in [-0.3, -0.25) is 0 Å². The van der Waals surface area contributed by atoms with Crippen LogP contribution < -0.4 is 20.9 Å². The first-order valence-corrected chi connectivity index (χ1v) is 9.60. The molecule has 0 unspecified atom stereocenters. The number of alkyl halides is 9. The van der Waals surface area contributed by atoms with E-state index >= 15 is 4.39 Å². The van der Waals surface area contributed by atoms with Crippen LogP contribution in [0.25, 0.3) is 0 Å². The SMILES string of the molecule is Nc1cc(Oc2ccc(C(F)(F)F)c(Oc3cc(N)c(C(F)(F)F)c(F)c3F)c2F)c(F)c(F)c1C(F)(F)F. The monoisotopic (exact) mass is 586 g/mol. The molecule has 212 valence electrons. The van der Waals surface area contributed by atoms with Crippen molar-refractivity contribution < 1.29 is 70.9 Å². The van der Waals surface area contributed by atoms with Gasteiger partial charge in [0.15, 0.2) is 34.6 Å². The van der Waals surface area contributed by atoms with Crippen LogP contribution in [0.5, 0.6) is 23.0 Å². The average molecular weight is 586 g/mol. The first-order chi connectivity index (χ1) is 17.7. The summed E-state index contributed by atoms with van der Waals surface area (Å²) in [6.45, 7) is 0. The molecule has 0 radical (unpaired) electrons. The van der Waals surface area contributed by atoms with Gasteiger partial charge < -0.3 is 20.9 Å². The van der Waals surface area contributed by atoms with Crippen molar-refractivity contribution in [3.63, 3.8) is 0 Å². The number of nitrogens with two attached hydrogens (primary N) is 2. The lowest BCUT2D eigenvalue weighted by atomic mass is 10.1. The van der Waals surface area contributed by atoms with Crippen LogP contribution in [0.15, 0.2) is 24.3 Å². The smallest absolute Gasteiger partial charge is 0.421 e. The molecule has 0 amide bonds. The predicted molar refractivity (Wildman–Crippen MR) is 103 cm³/mol. The Hall–Kier alpha value is -4.12. The lowest BCUT2D eigenvalue weighted by Crippen LogP contribution is -2.15. The number of rotatable bonds is 4. The summed E-state index contributed by atoms with van der Waals surface area (Å²) >= 11 is 0. The summed E-state index contributed by atoms with van der Waals surface area (Å²) in [6, 6.07) is -0.0180. The van der Waals surface area contributed by atoms with E-state index < -0.39 is 98.7 Å². The lowest BCUT2D eigenvalue weighted by molar-refractivity contribution is -0.140. The second kappa shape index (κ2) is 9.57. The largest absolute Gasteiger partial charge is 0.451 e. The fraction of sp³-hybridized carbons (Fsp3) is 0.143. The van der Waals surface area contributed by atoms with E-state index in [1.54, 1.807) is 0 Å². The Bertz CT molecular complexity index is 1450. The van der Waals surface area contributed by atoms with Gasteiger partial charge in [-0.15, -0.1) is 0 Å². The van der Waals surface area contributed by atoms with Crippen molar-refractivity contribution in [1.29, 1.82) is 0 Å². The third-order valence-corrected chi connectivity index (χ3v) is 4.77. The molecule has 0 saturated carbocycles. The number of ether oxygens (including phenoxy) is 2. The number of hydrogen-bond donors (Lipinski definition) is 2. The fourth-order valence-corrected chi connectivity index (χ4v) is 3.14. The zero-order valence-corrected chi connectivity index (χ0v) is 18.1. The van der Waals surface area contributed by atoms with Gasteiger partial charge in [-0.25, -0.2) is 8.78 Å². The molecule has 4 N–H and O–H groups in total. The molecule has 0 heterocycles. The highest BCUT2D eigenvalue weighted by Crippen LogP contribution is 2.47. The van der Waals surface area contributed by atoms with Crippen molar-refractivity contribution in [2.45, 2.75) is 18.5 Å². The summed E-state index contributed by atoms with van der Waals surface area (Å²) in [5, 5.41) is 0. The number of benzene rings is 3. The molecular weight excluding hydrogens is 578 g/mol. The highest BCUT2D eigenvalue weighted by atomic mass is 19.4. The van der Waals surface area contributed by atoms with Gasteiger partial charge in [-0.05, 0) is 12.1 Å². The Kier molecular flexibility index (Phi) is 7.22. The number of hydrogen-bond acceptors (Lipinski definition) is 4. The minimum Gasteiger partial charge on any atom is -0.451 e. The minimum atomic E-state index is -5.56. The van der Waals surface area contributed by atoms with Gasteiger partial charge in [0.25, 0.3) is 0 Å². The molecule has 0 fully saturated rings. The van der Waals surface area contributed by atoms with Crippen LogP contribution in [0, 0.1) is 29.1 Å². The zero-order valence-electron chi connectivity index (χ0n) is 18.1. The van der Waals surface area contributed by atoms with Crippen LogP contribution in [0.2, 0.25) is 0 Å². The van der Waals surface area contributed by atoms with Crippen molar-refractivity contribution in [1.82, 2.24) is 0 Å². The van der Waals surface area contributed by atoms with Gasteiger partial charge in [0.05, 0.1) is 11.4 Å². The Labute approximate surface area is 206 Å². The maximum absolute atomic E-state index is 15.0. The lowest BCUT2D eigenvalue weighted by Gasteiger charge is -2.19. The first-order valence-electron chi connectivity index (χ1n) is 9.60. The number of anilines is 2. The summed E-state index contributed by atoms with van der Waals surface area (Å²) < 4.78 is 198. The van der Waals surface area contributed by atoms with Crippen molar-refractivity contribution in [3.8, 4) is 23.0 Å². The molecule has 0 saturated heterocycles. The van der Waals surface area contributed by atoms with E-state index in [-0.39, 0.29) is 24.3 Å². The predicted octanol–water partition coefficient (Wildman–Crippen LogP) is 8.19. The number of halogens is 14. The van der Waals surface area contributed by atoms with Crippen LogP contribution in [-0.2, 0) is 18.5 Å². The number of nitrogen functional groups attached to an aromatic ring is 2. The summed E-state index contributed by atoms with van der Waals surface area (Å²) in [5.41, 5.74) is 0.257. The topological polar surface area (TPSA) is 70.5 Å². The standard InChI is InChI=1S/C21H8F14N2O2/c22-13-9(3-6(36)11(16(13)25)20(30,31)32)38-8-2-1-5(19(27,28)29)18(15(8)24)39-10-4-7(37)12(21(33,34)35)17(26)14(10)23/h1-4H,36-37H2. The maximum Gasteiger partial charge on any atom is 0.421 e. The van der Waals surface area contributed by atoms with E-state index in [0.717, 1.165) is 0 Å². The van der Waals surface area contributed by atoms with Gasteiger partial charge >= 0.3 is 18.5 Å². The van der Waals surface area contributed by atoms with Crippen LogP contribution >= 0.6 is 0 Å². The van der Waals surface area contributed by atoms with E-state index in [1.165, 1.54) is 0 Å². The summed E-state index contributed by atoms with van der Waals surface area (Å²) in [7, 11) is 0. The fourth-order valence-electron chi connectivity index (χ4n) is 3.14. The van der Waals surface area contributed by atoms with Crippen molar-refractivity contribution in [2.75, 3.05) is 11.5 Å². The average Bonchev–Trinajstić information content (AvgIpc) is 2.75. The van der Waals surface area contributed by atoms with E-state index in [4.69, 9.17) is 11.5 Å². The first kappa shape index (κ1) is 29.4. The molecule has 4 nitrogen and oxygen atoms in total. The quantitative estimate of drug-likeness (QED) is 0.239. The summed E-state index contributed by atoms with van der Waals surface area (Å²) in [6.07, 6.45) is -16.6. The van der Waals surface area contributed by atoms with Gasteiger partial charge in [0.2, 0.25) is 17.5 Å². The van der Waals surface area contributed by atoms with E-state index in [1.807, 2.05) is 0 Å². The summed E-state index contributed by atoms with van der Waals surface area (Å²) in [4.78, 5) is 0. The normalized spacial score (nSPS) is 12.6. The Balaban J connectivity index is 2.17. The van der Waals surface area contributed by atoms with Crippen molar-refractivity contribution in [2.24, 2.45) is 0 Å². The highest BCUT2D eigenvalue weighted by Gasteiger charge is 2.42. The van der Waals surface area contributed by atoms with E-state index in [2.05, 4.69) is 9.47 Å². The Morgan fingerprint density at radius 1 is 0.487 bits per heavy atom. The van der Waals surface area contributed by atoms with Crippen molar-refractivity contribution in [3.05, 3.63) is 70.0 Å². The molecule has 3 aromatic rings. The third-order valence-electron chi connectivity index (χ3n) is 4.77. The van der Waals surface area contributed by atoms with Gasteiger partial charge in [0, 0.05) is 12.1 Å². The molecule has 39 heavy (non-hydrogen) atoms. The second-order valence-electron chi connectivity index (χ2n) is 7.39. The van der Waals surface area contributed by atoms with Gasteiger partial charge in [-0.2, -0.15) is 52.7 Å². The molecule has 3 rings (SSSR count). The molecule has 18 heteroatoms. The highest BCUT2D eigenvalue weighted by molar-refractivity contribution is 5.58. The Morgan fingerprint density at radius 2 is 0.897 bits per heavy atom. The zero-order chi connectivity index (χ0) is 29.8. The second-order valence-corrected chi connectivity index (χ2v) is 7.39. The van der Waals surface area contributed by atoms with Crippen molar-refractivity contribution >= 4 is 11.4 Å². The van der Waals surface area contributed by atoms with E-state index in [0.29, 0.717) is 0 Å². The molecular formula is C21H8F14N2O2.